The van der Waals surface area contributed by atoms with Crippen molar-refractivity contribution >= 4 is 21.7 Å². The van der Waals surface area contributed by atoms with Crippen molar-refractivity contribution in [3.8, 4) is 5.75 Å². The smallest absolute Gasteiger partial charge is 0.151 e. The van der Waals surface area contributed by atoms with Gasteiger partial charge in [0.25, 0.3) is 0 Å². The molecule has 0 bridgehead atoms. The number of hydrogen-bond acceptors (Lipinski definition) is 3. The molecule has 4 heteroatoms. The highest BCUT2D eigenvalue weighted by molar-refractivity contribution is 9.10. The van der Waals surface area contributed by atoms with Gasteiger partial charge in [0.2, 0.25) is 0 Å². The number of carbonyl (C=O) groups excluding carboxylic acids is 1. The lowest BCUT2D eigenvalue weighted by molar-refractivity contribution is -0.117. The maximum atomic E-state index is 11.7. The Morgan fingerprint density at radius 2 is 2.24 bits per heavy atom. The van der Waals surface area contributed by atoms with Crippen molar-refractivity contribution < 1.29 is 9.53 Å². The van der Waals surface area contributed by atoms with Crippen LogP contribution >= 0.6 is 15.9 Å². The van der Waals surface area contributed by atoms with E-state index in [0.717, 1.165) is 28.8 Å². The molecule has 0 spiro atoms. The normalized spacial score (nSPS) is 10.3. The van der Waals surface area contributed by atoms with Crippen molar-refractivity contribution in [1.29, 1.82) is 0 Å². The molecule has 0 aliphatic carbocycles. The molecule has 0 fully saturated rings. The van der Waals surface area contributed by atoms with E-state index in [-0.39, 0.29) is 5.78 Å². The summed E-state index contributed by atoms with van der Waals surface area (Å²) in [5.74, 6) is 0.963. The molecule has 94 valence electrons. The number of rotatable bonds is 7. The molecule has 0 aliphatic heterocycles. The van der Waals surface area contributed by atoms with Crippen LogP contribution in [0.4, 0.5) is 0 Å². The predicted molar refractivity (Wildman–Crippen MR) is 72.6 cm³/mol. The standard InChI is InChI=1S/C13H18BrNO2/c1-3-6-15-9-11(16)7-10-8-12(17-2)4-5-13(10)14/h4-5,8,15H,3,6-7,9H2,1-2H3. The molecule has 1 aromatic rings. The summed E-state index contributed by atoms with van der Waals surface area (Å²) in [6, 6.07) is 5.66. The Bertz CT molecular complexity index is 380. The number of ketones is 1. The van der Waals surface area contributed by atoms with E-state index in [0.29, 0.717) is 13.0 Å². The summed E-state index contributed by atoms with van der Waals surface area (Å²) in [5, 5.41) is 3.11. The molecule has 0 atom stereocenters. The zero-order valence-corrected chi connectivity index (χ0v) is 11.8. The van der Waals surface area contributed by atoms with E-state index >= 15 is 0 Å². The van der Waals surface area contributed by atoms with Crippen LogP contribution in [0.5, 0.6) is 5.75 Å². The maximum absolute atomic E-state index is 11.7. The minimum atomic E-state index is 0.187. The first-order valence-electron chi connectivity index (χ1n) is 5.72. The van der Waals surface area contributed by atoms with Gasteiger partial charge in [-0.15, -0.1) is 0 Å². The van der Waals surface area contributed by atoms with E-state index in [1.165, 1.54) is 0 Å². The van der Waals surface area contributed by atoms with Gasteiger partial charge in [-0.2, -0.15) is 0 Å². The molecular formula is C13H18BrNO2. The lowest BCUT2D eigenvalue weighted by Crippen LogP contribution is -2.24. The summed E-state index contributed by atoms with van der Waals surface area (Å²) < 4.78 is 6.09. The van der Waals surface area contributed by atoms with E-state index in [9.17, 15) is 4.79 Å². The molecule has 0 saturated carbocycles. The third-order valence-electron chi connectivity index (χ3n) is 2.39. The van der Waals surface area contributed by atoms with Crippen LogP contribution in [0.15, 0.2) is 22.7 Å². The van der Waals surface area contributed by atoms with Gasteiger partial charge in [0.1, 0.15) is 5.75 Å². The van der Waals surface area contributed by atoms with Gasteiger partial charge in [-0.25, -0.2) is 0 Å². The molecule has 0 aliphatic rings. The van der Waals surface area contributed by atoms with E-state index in [2.05, 4.69) is 28.2 Å². The van der Waals surface area contributed by atoms with Crippen LogP contribution in [0.2, 0.25) is 0 Å². The first-order valence-corrected chi connectivity index (χ1v) is 6.51. The Kier molecular flexibility index (Phi) is 6.22. The maximum Gasteiger partial charge on any atom is 0.151 e. The lowest BCUT2D eigenvalue weighted by atomic mass is 10.1. The quantitative estimate of drug-likeness (QED) is 0.787. The number of methoxy groups -OCH3 is 1. The predicted octanol–water partition coefficient (Wildman–Crippen LogP) is 2.57. The molecule has 0 heterocycles. The van der Waals surface area contributed by atoms with Crippen LogP contribution < -0.4 is 10.1 Å². The van der Waals surface area contributed by atoms with Crippen molar-refractivity contribution in [2.75, 3.05) is 20.2 Å². The second-order valence-electron chi connectivity index (χ2n) is 3.85. The Morgan fingerprint density at radius 3 is 2.88 bits per heavy atom. The number of Topliss-reactive ketones (excluding diaryl/α,β-unsaturated/α-hetero) is 1. The molecule has 0 aromatic heterocycles. The highest BCUT2D eigenvalue weighted by Crippen LogP contribution is 2.22. The third kappa shape index (κ3) is 4.88. The molecular weight excluding hydrogens is 282 g/mol. The first kappa shape index (κ1) is 14.2. The van der Waals surface area contributed by atoms with Gasteiger partial charge in [-0.3, -0.25) is 4.79 Å². The minimum absolute atomic E-state index is 0.187. The SMILES string of the molecule is CCCNCC(=O)Cc1cc(OC)ccc1Br. The van der Waals surface area contributed by atoms with Crippen molar-refractivity contribution in [1.82, 2.24) is 5.32 Å². The van der Waals surface area contributed by atoms with Gasteiger partial charge in [0, 0.05) is 10.9 Å². The van der Waals surface area contributed by atoms with Crippen LogP contribution in [0.3, 0.4) is 0 Å². The van der Waals surface area contributed by atoms with Crippen molar-refractivity contribution in [3.63, 3.8) is 0 Å². The molecule has 3 nitrogen and oxygen atoms in total. The zero-order valence-electron chi connectivity index (χ0n) is 10.3. The summed E-state index contributed by atoms with van der Waals surface area (Å²) in [6.45, 7) is 3.39. The monoisotopic (exact) mass is 299 g/mol. The van der Waals surface area contributed by atoms with Gasteiger partial charge < -0.3 is 10.1 Å². The van der Waals surface area contributed by atoms with Crippen molar-refractivity contribution in [2.45, 2.75) is 19.8 Å². The van der Waals surface area contributed by atoms with Crippen LogP contribution in [0.25, 0.3) is 0 Å². The number of benzene rings is 1. The third-order valence-corrected chi connectivity index (χ3v) is 3.16. The van der Waals surface area contributed by atoms with E-state index in [4.69, 9.17) is 4.74 Å². The number of hydrogen-bond donors (Lipinski definition) is 1. The fourth-order valence-corrected chi connectivity index (χ4v) is 1.88. The number of ether oxygens (including phenoxy) is 1. The minimum Gasteiger partial charge on any atom is -0.497 e. The average molecular weight is 300 g/mol. The number of halogens is 1. The highest BCUT2D eigenvalue weighted by Gasteiger charge is 2.07. The second-order valence-corrected chi connectivity index (χ2v) is 4.70. The van der Waals surface area contributed by atoms with Gasteiger partial charge in [-0.05, 0) is 36.7 Å². The fourth-order valence-electron chi connectivity index (χ4n) is 1.49. The second kappa shape index (κ2) is 7.45. The van der Waals surface area contributed by atoms with Crippen molar-refractivity contribution in [2.24, 2.45) is 0 Å². The topological polar surface area (TPSA) is 38.3 Å². The Labute approximate surface area is 111 Å². The summed E-state index contributed by atoms with van der Waals surface area (Å²) in [4.78, 5) is 11.7. The summed E-state index contributed by atoms with van der Waals surface area (Å²) in [5.41, 5.74) is 0.965. The van der Waals surface area contributed by atoms with Gasteiger partial charge in [-0.1, -0.05) is 22.9 Å². The lowest BCUT2D eigenvalue weighted by Gasteiger charge is -2.07. The molecule has 0 saturated heterocycles. The van der Waals surface area contributed by atoms with Crippen molar-refractivity contribution in [3.05, 3.63) is 28.2 Å². The Morgan fingerprint density at radius 1 is 1.47 bits per heavy atom. The summed E-state index contributed by atoms with van der Waals surface area (Å²) in [7, 11) is 1.62. The Balaban J connectivity index is 2.57. The van der Waals surface area contributed by atoms with E-state index in [1.54, 1.807) is 7.11 Å². The molecule has 17 heavy (non-hydrogen) atoms. The van der Waals surface area contributed by atoms with Crippen LogP contribution in [-0.4, -0.2) is 26.0 Å². The first-order chi connectivity index (χ1) is 8.17. The van der Waals surface area contributed by atoms with Crippen LogP contribution in [0.1, 0.15) is 18.9 Å². The molecule has 1 N–H and O–H groups in total. The van der Waals surface area contributed by atoms with E-state index in [1.807, 2.05) is 18.2 Å². The molecule has 1 rings (SSSR count). The van der Waals surface area contributed by atoms with Gasteiger partial charge >= 0.3 is 0 Å². The van der Waals surface area contributed by atoms with E-state index < -0.39 is 0 Å². The van der Waals surface area contributed by atoms with Gasteiger partial charge in [0.15, 0.2) is 5.78 Å². The number of carbonyl (C=O) groups is 1. The Hall–Kier alpha value is -0.870. The number of nitrogens with one attached hydrogen (secondary N) is 1. The van der Waals surface area contributed by atoms with Crippen LogP contribution in [-0.2, 0) is 11.2 Å². The molecule has 0 radical (unpaired) electrons. The zero-order chi connectivity index (χ0) is 12.7. The summed E-state index contributed by atoms with van der Waals surface area (Å²) in [6.07, 6.45) is 1.46. The highest BCUT2D eigenvalue weighted by atomic mass is 79.9. The summed E-state index contributed by atoms with van der Waals surface area (Å²) >= 11 is 3.44. The molecule has 0 amide bonds. The van der Waals surface area contributed by atoms with Gasteiger partial charge in [0.05, 0.1) is 13.7 Å². The molecule has 1 aromatic carbocycles. The fraction of sp³-hybridized carbons (Fsp3) is 0.462. The average Bonchev–Trinajstić information content (AvgIpc) is 2.32. The molecule has 0 unspecified atom stereocenters. The largest absolute Gasteiger partial charge is 0.497 e. The van der Waals surface area contributed by atoms with Crippen LogP contribution in [0, 0.1) is 0 Å².